The number of hydrogen-bond acceptors (Lipinski definition) is 5. The van der Waals surface area contributed by atoms with E-state index in [1.165, 1.54) is 5.01 Å². The van der Waals surface area contributed by atoms with Gasteiger partial charge in [-0.15, -0.1) is 35.3 Å². The SMILES string of the molecule is CN=C(NCCCCc1nc(C)cs1)Nc1ccc2c(c1)OCCCO2.I. The van der Waals surface area contributed by atoms with Gasteiger partial charge in [-0.25, -0.2) is 4.98 Å². The molecule has 1 aliphatic heterocycles. The van der Waals surface area contributed by atoms with Crippen molar-refractivity contribution in [2.45, 2.75) is 32.6 Å². The van der Waals surface area contributed by atoms with Crippen molar-refractivity contribution in [3.63, 3.8) is 0 Å². The molecule has 0 atom stereocenters. The first-order valence-corrected chi connectivity index (χ1v) is 9.91. The van der Waals surface area contributed by atoms with Crippen LogP contribution in [0.1, 0.15) is 30.0 Å². The molecule has 2 aromatic rings. The lowest BCUT2D eigenvalue weighted by Gasteiger charge is -2.14. The Balaban J connectivity index is 0.00000261. The second-order valence-corrected chi connectivity index (χ2v) is 7.12. The van der Waals surface area contributed by atoms with E-state index in [1.54, 1.807) is 18.4 Å². The molecule has 0 amide bonds. The van der Waals surface area contributed by atoms with Crippen molar-refractivity contribution < 1.29 is 9.47 Å². The number of aliphatic imine (C=N–C) groups is 1. The molecule has 0 saturated heterocycles. The highest BCUT2D eigenvalue weighted by molar-refractivity contribution is 14.0. The summed E-state index contributed by atoms with van der Waals surface area (Å²) in [5.74, 6) is 2.33. The van der Waals surface area contributed by atoms with Crippen molar-refractivity contribution in [2.24, 2.45) is 4.99 Å². The third-order valence-corrected chi connectivity index (χ3v) is 5.04. The van der Waals surface area contributed by atoms with Crippen LogP contribution in [0.4, 0.5) is 5.69 Å². The summed E-state index contributed by atoms with van der Waals surface area (Å²) in [5.41, 5.74) is 2.04. The molecule has 2 N–H and O–H groups in total. The largest absolute Gasteiger partial charge is 0.490 e. The lowest BCUT2D eigenvalue weighted by Crippen LogP contribution is -2.31. The molecule has 1 aromatic heterocycles. The standard InChI is InChI=1S/C19H26N4O2S.HI/c1-14-13-26-18(22-14)6-3-4-9-21-19(20-2)23-15-7-8-16-17(12-15)25-11-5-10-24-16;/h7-8,12-13H,3-6,9-11H2,1-2H3,(H2,20,21,23);1H. The smallest absolute Gasteiger partial charge is 0.195 e. The van der Waals surface area contributed by atoms with E-state index < -0.39 is 0 Å². The Bertz CT molecular complexity index is 751. The molecule has 0 radical (unpaired) electrons. The number of rotatable bonds is 6. The van der Waals surface area contributed by atoms with Gasteiger partial charge in [-0.2, -0.15) is 0 Å². The highest BCUT2D eigenvalue weighted by Gasteiger charge is 2.11. The quantitative estimate of drug-likeness (QED) is 0.268. The topological polar surface area (TPSA) is 67.8 Å². The summed E-state index contributed by atoms with van der Waals surface area (Å²) in [7, 11) is 1.77. The summed E-state index contributed by atoms with van der Waals surface area (Å²) in [5, 5.41) is 9.98. The summed E-state index contributed by atoms with van der Waals surface area (Å²) in [4.78, 5) is 8.78. The van der Waals surface area contributed by atoms with Gasteiger partial charge in [0.1, 0.15) is 0 Å². The normalized spacial score (nSPS) is 13.5. The van der Waals surface area contributed by atoms with Gasteiger partial charge >= 0.3 is 0 Å². The molecule has 1 aromatic carbocycles. The van der Waals surface area contributed by atoms with Crippen LogP contribution in [0.3, 0.4) is 0 Å². The van der Waals surface area contributed by atoms with Crippen LogP contribution >= 0.6 is 35.3 Å². The number of benzene rings is 1. The molecule has 148 valence electrons. The number of nitrogens with zero attached hydrogens (tertiary/aromatic N) is 2. The molecule has 0 fully saturated rings. The van der Waals surface area contributed by atoms with Gasteiger partial charge in [0.25, 0.3) is 0 Å². The van der Waals surface area contributed by atoms with Gasteiger partial charge in [0, 0.05) is 42.8 Å². The van der Waals surface area contributed by atoms with Crippen LogP contribution in [-0.4, -0.2) is 37.7 Å². The number of ether oxygens (including phenoxy) is 2. The molecule has 6 nitrogen and oxygen atoms in total. The van der Waals surface area contributed by atoms with Crippen molar-refractivity contribution in [3.05, 3.63) is 34.3 Å². The minimum atomic E-state index is 0. The van der Waals surface area contributed by atoms with E-state index >= 15 is 0 Å². The third kappa shape index (κ3) is 6.84. The Kier molecular flexibility index (Phi) is 9.12. The van der Waals surface area contributed by atoms with Crippen molar-refractivity contribution in [3.8, 4) is 11.5 Å². The average molecular weight is 502 g/mol. The van der Waals surface area contributed by atoms with Gasteiger partial charge in [0.15, 0.2) is 17.5 Å². The molecule has 0 bridgehead atoms. The summed E-state index contributed by atoms with van der Waals surface area (Å²) in [6.45, 7) is 4.29. The predicted molar refractivity (Wildman–Crippen MR) is 122 cm³/mol. The minimum absolute atomic E-state index is 0. The first kappa shape index (κ1) is 21.7. The van der Waals surface area contributed by atoms with E-state index in [9.17, 15) is 0 Å². The maximum absolute atomic E-state index is 5.73. The molecule has 3 rings (SSSR count). The van der Waals surface area contributed by atoms with E-state index in [-0.39, 0.29) is 24.0 Å². The number of guanidine groups is 1. The summed E-state index contributed by atoms with van der Waals surface area (Å²) in [6.07, 6.45) is 4.12. The van der Waals surface area contributed by atoms with Crippen molar-refractivity contribution in [1.82, 2.24) is 10.3 Å². The van der Waals surface area contributed by atoms with Crippen LogP contribution in [0.2, 0.25) is 0 Å². The second-order valence-electron chi connectivity index (χ2n) is 6.18. The van der Waals surface area contributed by atoms with E-state index in [1.807, 2.05) is 25.1 Å². The van der Waals surface area contributed by atoms with E-state index in [2.05, 4.69) is 26.0 Å². The molecular formula is C19H27IN4O2S. The number of anilines is 1. The van der Waals surface area contributed by atoms with Gasteiger partial charge < -0.3 is 20.1 Å². The Labute approximate surface area is 181 Å². The molecule has 0 aliphatic carbocycles. The Morgan fingerprint density at radius 2 is 2.04 bits per heavy atom. The number of halogens is 1. The van der Waals surface area contributed by atoms with E-state index in [0.29, 0.717) is 13.2 Å². The average Bonchev–Trinajstić information content (AvgIpc) is 2.92. The molecule has 2 heterocycles. The van der Waals surface area contributed by atoms with Gasteiger partial charge in [-0.3, -0.25) is 4.99 Å². The van der Waals surface area contributed by atoms with Crippen LogP contribution in [-0.2, 0) is 6.42 Å². The monoisotopic (exact) mass is 502 g/mol. The number of hydrogen-bond donors (Lipinski definition) is 2. The number of fused-ring (bicyclic) bond motifs is 1. The van der Waals surface area contributed by atoms with Crippen LogP contribution in [0.15, 0.2) is 28.6 Å². The summed E-state index contributed by atoms with van der Waals surface area (Å²) >= 11 is 1.74. The lowest BCUT2D eigenvalue weighted by molar-refractivity contribution is 0.297. The maximum atomic E-state index is 5.73. The van der Waals surface area contributed by atoms with Crippen molar-refractivity contribution >= 4 is 47.0 Å². The molecule has 8 heteroatoms. The fourth-order valence-electron chi connectivity index (χ4n) is 2.68. The zero-order valence-corrected chi connectivity index (χ0v) is 18.9. The number of aromatic nitrogens is 1. The Morgan fingerprint density at radius 1 is 1.22 bits per heavy atom. The highest BCUT2D eigenvalue weighted by atomic mass is 127. The van der Waals surface area contributed by atoms with E-state index in [4.69, 9.17) is 9.47 Å². The second kappa shape index (κ2) is 11.3. The Hall–Kier alpha value is -1.55. The van der Waals surface area contributed by atoms with Crippen molar-refractivity contribution in [2.75, 3.05) is 32.1 Å². The number of thiazole rings is 1. The fourth-order valence-corrected chi connectivity index (χ4v) is 3.50. The zero-order valence-electron chi connectivity index (χ0n) is 15.8. The number of aryl methyl sites for hydroxylation is 2. The molecule has 0 saturated carbocycles. The molecule has 27 heavy (non-hydrogen) atoms. The van der Waals surface area contributed by atoms with Gasteiger partial charge in [0.05, 0.1) is 18.2 Å². The Morgan fingerprint density at radius 3 is 2.78 bits per heavy atom. The van der Waals surface area contributed by atoms with Crippen LogP contribution in [0.5, 0.6) is 11.5 Å². The molecule has 0 spiro atoms. The minimum Gasteiger partial charge on any atom is -0.490 e. The van der Waals surface area contributed by atoms with Crippen molar-refractivity contribution in [1.29, 1.82) is 0 Å². The van der Waals surface area contributed by atoms with Gasteiger partial charge in [-0.05, 0) is 38.3 Å². The summed E-state index contributed by atoms with van der Waals surface area (Å²) < 4.78 is 11.4. The van der Waals surface area contributed by atoms with Crippen LogP contribution < -0.4 is 20.1 Å². The molecule has 1 aliphatic rings. The zero-order chi connectivity index (χ0) is 18.2. The molecule has 0 unspecified atom stereocenters. The lowest BCUT2D eigenvalue weighted by atomic mass is 10.2. The summed E-state index contributed by atoms with van der Waals surface area (Å²) in [6, 6.07) is 5.87. The number of unbranched alkanes of at least 4 members (excludes halogenated alkanes) is 1. The first-order chi connectivity index (χ1) is 12.7. The fraction of sp³-hybridized carbons (Fsp3) is 0.474. The van der Waals surface area contributed by atoms with Gasteiger partial charge in [-0.1, -0.05) is 0 Å². The number of nitrogens with one attached hydrogen (secondary N) is 2. The van der Waals surface area contributed by atoms with Crippen LogP contribution in [0.25, 0.3) is 0 Å². The van der Waals surface area contributed by atoms with E-state index in [0.717, 1.165) is 61.1 Å². The third-order valence-electron chi connectivity index (χ3n) is 4.01. The highest BCUT2D eigenvalue weighted by Crippen LogP contribution is 2.32. The molecular weight excluding hydrogens is 475 g/mol. The maximum Gasteiger partial charge on any atom is 0.195 e. The predicted octanol–water partition coefficient (Wildman–Crippen LogP) is 4.24. The first-order valence-electron chi connectivity index (χ1n) is 9.03. The van der Waals surface area contributed by atoms with Gasteiger partial charge in [0.2, 0.25) is 0 Å². The van der Waals surface area contributed by atoms with Crippen LogP contribution in [0, 0.1) is 6.92 Å².